The molecule has 29 heavy (non-hydrogen) atoms. The molecule has 154 valence electrons. The van der Waals surface area contributed by atoms with Gasteiger partial charge in [-0.05, 0) is 42.3 Å². The van der Waals surface area contributed by atoms with E-state index in [0.29, 0.717) is 23.9 Å². The molecule has 0 aliphatic rings. The van der Waals surface area contributed by atoms with E-state index in [9.17, 15) is 0 Å². The fourth-order valence-corrected chi connectivity index (χ4v) is 3.26. The van der Waals surface area contributed by atoms with Gasteiger partial charge in [0.15, 0.2) is 11.5 Å². The van der Waals surface area contributed by atoms with Crippen LogP contribution < -0.4 is 14.8 Å². The minimum atomic E-state index is 0. The lowest BCUT2D eigenvalue weighted by Crippen LogP contribution is -2.17. The molecule has 0 fully saturated rings. The minimum absolute atomic E-state index is 0. The van der Waals surface area contributed by atoms with Crippen LogP contribution in [0.1, 0.15) is 16.7 Å². The summed E-state index contributed by atoms with van der Waals surface area (Å²) in [6.07, 6.45) is 0.912. The number of benzene rings is 3. The smallest absolute Gasteiger partial charge is 0.166 e. The zero-order valence-electron chi connectivity index (χ0n) is 16.2. The van der Waals surface area contributed by atoms with E-state index < -0.39 is 0 Å². The molecule has 0 spiro atoms. The standard InChI is InChI=1S/C23H23Cl2NO2.ClH/c1-27-22-14-21(25)13-19(23(22)28-16-18-5-3-2-4-6-18)15-26-12-11-17-7-9-20(24)10-8-17;/h2-10,13-14,26H,11-12,15-16H2,1H3;1H. The molecule has 0 bridgehead atoms. The van der Waals surface area contributed by atoms with E-state index in [1.54, 1.807) is 13.2 Å². The van der Waals surface area contributed by atoms with Crippen LogP contribution >= 0.6 is 35.6 Å². The molecule has 0 saturated carbocycles. The second-order valence-electron chi connectivity index (χ2n) is 6.42. The largest absolute Gasteiger partial charge is 0.493 e. The van der Waals surface area contributed by atoms with Crippen LogP contribution in [0.3, 0.4) is 0 Å². The van der Waals surface area contributed by atoms with E-state index in [4.69, 9.17) is 32.7 Å². The maximum atomic E-state index is 6.27. The van der Waals surface area contributed by atoms with Crippen molar-refractivity contribution in [2.45, 2.75) is 19.6 Å². The molecule has 1 N–H and O–H groups in total. The Bertz CT molecular complexity index is 887. The van der Waals surface area contributed by atoms with Gasteiger partial charge in [0.2, 0.25) is 0 Å². The third kappa shape index (κ3) is 7.13. The first-order valence-electron chi connectivity index (χ1n) is 9.14. The van der Waals surface area contributed by atoms with Gasteiger partial charge in [-0.3, -0.25) is 0 Å². The normalized spacial score (nSPS) is 10.3. The lowest BCUT2D eigenvalue weighted by atomic mass is 10.1. The summed E-state index contributed by atoms with van der Waals surface area (Å²) in [6, 6.07) is 21.7. The molecule has 6 heteroatoms. The van der Waals surface area contributed by atoms with E-state index in [1.165, 1.54) is 5.56 Å². The first kappa shape index (κ1) is 23.4. The van der Waals surface area contributed by atoms with Crippen LogP contribution in [0.2, 0.25) is 10.0 Å². The quantitative estimate of drug-likeness (QED) is 0.384. The van der Waals surface area contributed by atoms with Gasteiger partial charge in [0.05, 0.1) is 7.11 Å². The Labute approximate surface area is 188 Å². The number of halogens is 3. The number of ether oxygens (including phenoxy) is 2. The molecule has 0 amide bonds. The van der Waals surface area contributed by atoms with Crippen LogP contribution in [0.5, 0.6) is 11.5 Å². The van der Waals surface area contributed by atoms with Gasteiger partial charge in [-0.15, -0.1) is 12.4 Å². The maximum Gasteiger partial charge on any atom is 0.166 e. The second-order valence-corrected chi connectivity index (χ2v) is 7.30. The van der Waals surface area contributed by atoms with E-state index in [-0.39, 0.29) is 12.4 Å². The summed E-state index contributed by atoms with van der Waals surface area (Å²) < 4.78 is 11.6. The maximum absolute atomic E-state index is 6.27. The van der Waals surface area contributed by atoms with E-state index in [1.807, 2.05) is 60.7 Å². The Balaban J connectivity index is 0.00000300. The van der Waals surface area contributed by atoms with Gasteiger partial charge in [-0.1, -0.05) is 65.7 Å². The summed E-state index contributed by atoms with van der Waals surface area (Å²) in [5.41, 5.74) is 3.30. The lowest BCUT2D eigenvalue weighted by molar-refractivity contribution is 0.280. The average molecular weight is 453 g/mol. The molecule has 0 aliphatic heterocycles. The molecule has 0 radical (unpaired) electrons. The molecule has 0 heterocycles. The first-order valence-corrected chi connectivity index (χ1v) is 9.89. The molecule has 3 rings (SSSR count). The first-order chi connectivity index (χ1) is 13.7. The number of nitrogens with one attached hydrogen (secondary N) is 1. The Morgan fingerprint density at radius 3 is 2.28 bits per heavy atom. The average Bonchev–Trinajstić information content (AvgIpc) is 2.72. The molecule has 0 unspecified atom stereocenters. The lowest BCUT2D eigenvalue weighted by Gasteiger charge is -2.16. The zero-order chi connectivity index (χ0) is 19.8. The van der Waals surface area contributed by atoms with Gasteiger partial charge in [-0.2, -0.15) is 0 Å². The number of methoxy groups -OCH3 is 1. The third-order valence-corrected chi connectivity index (χ3v) is 4.83. The highest BCUT2D eigenvalue weighted by Gasteiger charge is 2.13. The van der Waals surface area contributed by atoms with Crippen molar-refractivity contribution >= 4 is 35.6 Å². The highest BCUT2D eigenvalue weighted by molar-refractivity contribution is 6.31. The molecular formula is C23H24Cl3NO2. The van der Waals surface area contributed by atoms with Crippen LogP contribution in [0.25, 0.3) is 0 Å². The van der Waals surface area contributed by atoms with Crippen molar-refractivity contribution in [1.29, 1.82) is 0 Å². The van der Waals surface area contributed by atoms with Gasteiger partial charge >= 0.3 is 0 Å². The highest BCUT2D eigenvalue weighted by atomic mass is 35.5. The summed E-state index contributed by atoms with van der Waals surface area (Å²) >= 11 is 12.2. The van der Waals surface area contributed by atoms with Gasteiger partial charge in [0.1, 0.15) is 6.61 Å². The summed E-state index contributed by atoms with van der Waals surface area (Å²) in [7, 11) is 1.62. The Morgan fingerprint density at radius 2 is 1.59 bits per heavy atom. The Morgan fingerprint density at radius 1 is 0.862 bits per heavy atom. The fraction of sp³-hybridized carbons (Fsp3) is 0.217. The van der Waals surface area contributed by atoms with Crippen molar-refractivity contribution in [2.75, 3.05) is 13.7 Å². The van der Waals surface area contributed by atoms with Crippen LogP contribution in [0.15, 0.2) is 66.7 Å². The Hall–Kier alpha value is -1.91. The van der Waals surface area contributed by atoms with Crippen molar-refractivity contribution in [3.05, 3.63) is 93.5 Å². The van der Waals surface area contributed by atoms with Crippen LogP contribution in [0.4, 0.5) is 0 Å². The molecule has 0 atom stereocenters. The highest BCUT2D eigenvalue weighted by Crippen LogP contribution is 2.35. The number of rotatable bonds is 9. The van der Waals surface area contributed by atoms with Gasteiger partial charge in [0.25, 0.3) is 0 Å². The summed E-state index contributed by atoms with van der Waals surface area (Å²) in [6.45, 7) is 1.93. The predicted molar refractivity (Wildman–Crippen MR) is 123 cm³/mol. The topological polar surface area (TPSA) is 30.5 Å². The van der Waals surface area contributed by atoms with Gasteiger partial charge < -0.3 is 14.8 Å². The monoisotopic (exact) mass is 451 g/mol. The minimum Gasteiger partial charge on any atom is -0.493 e. The van der Waals surface area contributed by atoms with Gasteiger partial charge in [0, 0.05) is 28.2 Å². The zero-order valence-corrected chi connectivity index (χ0v) is 18.5. The summed E-state index contributed by atoms with van der Waals surface area (Å²) in [5, 5.41) is 4.83. The van der Waals surface area contributed by atoms with Crippen molar-refractivity contribution < 1.29 is 9.47 Å². The molecule has 3 nitrogen and oxygen atoms in total. The molecule has 3 aromatic rings. The van der Waals surface area contributed by atoms with E-state index in [0.717, 1.165) is 34.9 Å². The number of hydrogen-bond acceptors (Lipinski definition) is 3. The van der Waals surface area contributed by atoms with Crippen LogP contribution in [-0.2, 0) is 19.6 Å². The summed E-state index contributed by atoms with van der Waals surface area (Å²) in [4.78, 5) is 0. The van der Waals surface area contributed by atoms with Crippen molar-refractivity contribution in [1.82, 2.24) is 5.32 Å². The Kier molecular flexibility index (Phi) is 9.62. The molecule has 0 aromatic heterocycles. The molecule has 3 aromatic carbocycles. The van der Waals surface area contributed by atoms with E-state index in [2.05, 4.69) is 5.32 Å². The van der Waals surface area contributed by atoms with Crippen molar-refractivity contribution in [3.8, 4) is 11.5 Å². The number of hydrogen-bond donors (Lipinski definition) is 1. The van der Waals surface area contributed by atoms with Crippen LogP contribution in [0, 0.1) is 0 Å². The van der Waals surface area contributed by atoms with Gasteiger partial charge in [-0.25, -0.2) is 0 Å². The fourth-order valence-electron chi connectivity index (χ4n) is 2.91. The van der Waals surface area contributed by atoms with E-state index >= 15 is 0 Å². The summed E-state index contributed by atoms with van der Waals surface area (Å²) in [5.74, 6) is 1.35. The van der Waals surface area contributed by atoms with Crippen molar-refractivity contribution in [3.63, 3.8) is 0 Å². The molecule has 0 saturated heterocycles. The van der Waals surface area contributed by atoms with Crippen LogP contribution in [-0.4, -0.2) is 13.7 Å². The molecule has 0 aliphatic carbocycles. The predicted octanol–water partition coefficient (Wildman–Crippen LogP) is 6.34. The second kappa shape index (κ2) is 11.9. The van der Waals surface area contributed by atoms with Crippen molar-refractivity contribution in [2.24, 2.45) is 0 Å². The molecular weight excluding hydrogens is 429 g/mol. The third-order valence-electron chi connectivity index (χ3n) is 4.36. The SMILES string of the molecule is COc1cc(Cl)cc(CNCCc2ccc(Cl)cc2)c1OCc1ccccc1.Cl.